The summed E-state index contributed by atoms with van der Waals surface area (Å²) >= 11 is 4.10. The van der Waals surface area contributed by atoms with Gasteiger partial charge in [-0.2, -0.15) is 0 Å². The Morgan fingerprint density at radius 1 is 0.500 bits per heavy atom. The zero-order valence-corrected chi connectivity index (χ0v) is 14.5. The minimum atomic E-state index is 0.557. The lowest BCUT2D eigenvalue weighted by Crippen LogP contribution is -1.91. The lowest BCUT2D eigenvalue weighted by atomic mass is 9.99. The molecule has 0 amide bonds. The summed E-state index contributed by atoms with van der Waals surface area (Å²) in [6.45, 7) is 0. The van der Waals surface area contributed by atoms with Crippen LogP contribution in [0.15, 0.2) is 82.6 Å². The minimum absolute atomic E-state index is 0.557. The molecule has 2 aliphatic rings. The van der Waals surface area contributed by atoms with Gasteiger partial charge in [-0.1, -0.05) is 48.5 Å². The van der Waals surface area contributed by atoms with E-state index in [0.29, 0.717) is 10.5 Å². The Labute approximate surface area is 149 Å². The average molecular weight is 342 g/mol. The molecule has 0 nitrogen and oxygen atoms in total. The third kappa shape index (κ3) is 1.78. The van der Waals surface area contributed by atoms with Gasteiger partial charge in [0.1, 0.15) is 0 Å². The van der Waals surface area contributed by atoms with Crippen LogP contribution in [-0.4, -0.2) is 0 Å². The molecule has 0 aromatic heterocycles. The molecule has 0 aliphatic carbocycles. The molecule has 4 aromatic carbocycles. The maximum absolute atomic E-state index is 2.42. The van der Waals surface area contributed by atoms with E-state index in [0.717, 1.165) is 0 Å². The Morgan fingerprint density at radius 3 is 1.29 bits per heavy atom. The van der Waals surface area contributed by atoms with Crippen molar-refractivity contribution in [1.29, 1.82) is 0 Å². The first kappa shape index (κ1) is 13.4. The van der Waals surface area contributed by atoms with Gasteiger partial charge in [0, 0.05) is 9.79 Å². The fourth-order valence-corrected chi connectivity index (χ4v) is 7.22. The molecule has 0 saturated carbocycles. The summed E-state index contributed by atoms with van der Waals surface area (Å²) in [5.74, 6) is 0. The zero-order chi connectivity index (χ0) is 15.7. The topological polar surface area (TPSA) is 0 Å². The Hall–Kier alpha value is -1.90. The Balaban J connectivity index is 1.53. The van der Waals surface area contributed by atoms with Crippen LogP contribution in [0.1, 0.15) is 21.6 Å². The van der Waals surface area contributed by atoms with E-state index in [2.05, 4.69) is 96.3 Å². The van der Waals surface area contributed by atoms with E-state index in [4.69, 9.17) is 0 Å². The van der Waals surface area contributed by atoms with Crippen LogP contribution in [0.4, 0.5) is 0 Å². The van der Waals surface area contributed by atoms with Crippen molar-refractivity contribution in [2.24, 2.45) is 0 Å². The van der Waals surface area contributed by atoms with Gasteiger partial charge in [0.2, 0.25) is 0 Å². The summed E-state index contributed by atoms with van der Waals surface area (Å²) in [5.41, 5.74) is 3.04. The Morgan fingerprint density at radius 2 is 0.875 bits per heavy atom. The van der Waals surface area contributed by atoms with Crippen molar-refractivity contribution in [1.82, 2.24) is 0 Å². The molecule has 0 saturated heterocycles. The van der Waals surface area contributed by atoms with E-state index in [1.54, 1.807) is 0 Å². The van der Waals surface area contributed by atoms with Gasteiger partial charge in [0.25, 0.3) is 0 Å². The molecule has 0 spiro atoms. The number of thioether (sulfide) groups is 2. The van der Waals surface area contributed by atoms with Crippen molar-refractivity contribution < 1.29 is 0 Å². The van der Waals surface area contributed by atoms with Crippen LogP contribution in [0.2, 0.25) is 0 Å². The standard InChI is InChI=1S/C22H14S2/c1-3-7-15-11-19-17(9-13(15)5-1)21-22(23-19)18-10-14-6-2-4-8-16(14)12-20(18)24-21/h1-12,21-22H. The maximum atomic E-state index is 2.42. The minimum Gasteiger partial charge on any atom is -0.116 e. The van der Waals surface area contributed by atoms with Crippen molar-refractivity contribution in [2.45, 2.75) is 20.3 Å². The highest BCUT2D eigenvalue weighted by atomic mass is 32.2. The van der Waals surface area contributed by atoms with Crippen LogP contribution >= 0.6 is 23.5 Å². The van der Waals surface area contributed by atoms with Crippen LogP contribution in [0.5, 0.6) is 0 Å². The normalized spacial score (nSPS) is 21.0. The molecule has 2 atom stereocenters. The first-order valence-electron chi connectivity index (χ1n) is 8.25. The quantitative estimate of drug-likeness (QED) is 0.338. The summed E-state index contributed by atoms with van der Waals surface area (Å²) in [7, 11) is 0. The highest BCUT2D eigenvalue weighted by Crippen LogP contribution is 2.66. The largest absolute Gasteiger partial charge is 0.116 e. The predicted octanol–water partition coefficient (Wildman–Crippen LogP) is 6.99. The van der Waals surface area contributed by atoms with Gasteiger partial charge in [-0.25, -0.2) is 0 Å². The molecule has 2 heteroatoms. The molecule has 2 aliphatic heterocycles. The van der Waals surface area contributed by atoms with Gasteiger partial charge in [-0.3, -0.25) is 0 Å². The van der Waals surface area contributed by atoms with E-state index in [1.807, 2.05) is 0 Å². The van der Waals surface area contributed by atoms with Crippen molar-refractivity contribution in [3.8, 4) is 0 Å². The molecule has 114 valence electrons. The second kappa shape index (κ2) is 4.81. The van der Waals surface area contributed by atoms with Gasteiger partial charge in [0.15, 0.2) is 0 Å². The highest BCUT2D eigenvalue weighted by Gasteiger charge is 2.41. The number of benzene rings is 4. The van der Waals surface area contributed by atoms with E-state index in [-0.39, 0.29) is 0 Å². The number of hydrogen-bond acceptors (Lipinski definition) is 2. The van der Waals surface area contributed by atoms with Crippen LogP contribution in [-0.2, 0) is 0 Å². The van der Waals surface area contributed by atoms with Crippen molar-refractivity contribution in [3.63, 3.8) is 0 Å². The van der Waals surface area contributed by atoms with Gasteiger partial charge in [-0.15, -0.1) is 23.5 Å². The fourth-order valence-electron chi connectivity index (χ4n) is 3.97. The third-order valence-corrected chi connectivity index (χ3v) is 8.10. The van der Waals surface area contributed by atoms with E-state index in [1.165, 1.54) is 42.5 Å². The van der Waals surface area contributed by atoms with Gasteiger partial charge in [-0.05, 0) is 56.9 Å². The van der Waals surface area contributed by atoms with Gasteiger partial charge >= 0.3 is 0 Å². The van der Waals surface area contributed by atoms with Crippen LogP contribution in [0.25, 0.3) is 21.5 Å². The predicted molar refractivity (Wildman–Crippen MR) is 105 cm³/mol. The van der Waals surface area contributed by atoms with Crippen LogP contribution in [0, 0.1) is 0 Å². The summed E-state index contributed by atoms with van der Waals surface area (Å²) in [4.78, 5) is 2.94. The lowest BCUT2D eigenvalue weighted by molar-refractivity contribution is 0.943. The Bertz CT molecular complexity index is 1040. The second-order valence-corrected chi connectivity index (χ2v) is 8.92. The molecule has 6 rings (SSSR count). The molecular formula is C22H14S2. The summed E-state index contributed by atoms with van der Waals surface area (Å²) in [6.07, 6.45) is 0. The van der Waals surface area contributed by atoms with Crippen molar-refractivity contribution in [3.05, 3.63) is 83.9 Å². The average Bonchev–Trinajstić information content (AvgIpc) is 3.13. The molecular weight excluding hydrogens is 328 g/mol. The van der Waals surface area contributed by atoms with Crippen molar-refractivity contribution >= 4 is 45.1 Å². The first-order valence-corrected chi connectivity index (χ1v) is 10.0. The highest BCUT2D eigenvalue weighted by molar-refractivity contribution is 8.05. The molecule has 2 heterocycles. The first-order chi connectivity index (χ1) is 11.9. The van der Waals surface area contributed by atoms with E-state index < -0.39 is 0 Å². The zero-order valence-electron chi connectivity index (χ0n) is 12.9. The maximum Gasteiger partial charge on any atom is 0.0519 e. The molecule has 0 N–H and O–H groups in total. The summed E-state index contributed by atoms with van der Waals surface area (Å²) in [6, 6.07) is 27.0. The van der Waals surface area contributed by atoms with Gasteiger partial charge in [0.05, 0.1) is 10.5 Å². The van der Waals surface area contributed by atoms with Crippen molar-refractivity contribution in [2.75, 3.05) is 0 Å². The molecule has 24 heavy (non-hydrogen) atoms. The number of hydrogen-bond donors (Lipinski definition) is 0. The Kier molecular flexibility index (Phi) is 2.68. The second-order valence-electron chi connectivity index (χ2n) is 6.55. The summed E-state index contributed by atoms with van der Waals surface area (Å²) in [5, 5.41) is 6.54. The lowest BCUT2D eigenvalue weighted by Gasteiger charge is -2.08. The summed E-state index contributed by atoms with van der Waals surface area (Å²) < 4.78 is 0. The number of fused-ring (bicyclic) bond motifs is 7. The van der Waals surface area contributed by atoms with E-state index in [9.17, 15) is 0 Å². The SMILES string of the molecule is c1ccc2cc3c(cc2c1)SC1c2cc4ccccc4cc2SC31. The van der Waals surface area contributed by atoms with Crippen LogP contribution < -0.4 is 0 Å². The molecule has 0 fully saturated rings. The number of rotatable bonds is 0. The third-order valence-electron chi connectivity index (χ3n) is 5.15. The molecule has 0 radical (unpaired) electrons. The molecule has 2 unspecified atom stereocenters. The van der Waals surface area contributed by atoms with E-state index >= 15 is 0 Å². The molecule has 0 bridgehead atoms. The van der Waals surface area contributed by atoms with Crippen LogP contribution in [0.3, 0.4) is 0 Å². The monoisotopic (exact) mass is 342 g/mol. The molecule has 4 aromatic rings. The smallest absolute Gasteiger partial charge is 0.0519 e. The fraction of sp³-hybridized carbons (Fsp3) is 0.0909. The van der Waals surface area contributed by atoms with Gasteiger partial charge < -0.3 is 0 Å².